The number of aromatic nitrogens is 2. The smallest absolute Gasteiger partial charge is 0.388 e. The molecule has 0 saturated heterocycles. The van der Waals surface area contributed by atoms with E-state index in [1.807, 2.05) is 13.8 Å². The number of nitrogens with two attached hydrogens (primary N) is 1. The highest BCUT2D eigenvalue weighted by Gasteiger charge is 2.34. The molecule has 1 aromatic rings. The molecule has 1 heterocycles. The van der Waals surface area contributed by atoms with Crippen LogP contribution >= 0.6 is 0 Å². The average molecular weight is 248 g/mol. The Hall–Kier alpha value is -1.66. The molecule has 2 N–H and O–H groups in total. The van der Waals surface area contributed by atoms with Crippen molar-refractivity contribution < 1.29 is 13.2 Å². The quantitative estimate of drug-likeness (QED) is 0.645. The van der Waals surface area contributed by atoms with Gasteiger partial charge in [-0.05, 0) is 6.92 Å². The first-order valence-corrected chi connectivity index (χ1v) is 5.04. The first-order valence-electron chi connectivity index (χ1n) is 5.04. The van der Waals surface area contributed by atoms with Crippen LogP contribution in [-0.4, -0.2) is 15.8 Å². The van der Waals surface area contributed by atoms with Crippen molar-refractivity contribution in [3.63, 3.8) is 0 Å². The Bertz CT molecular complexity index is 353. The first-order chi connectivity index (χ1) is 7.89. The SMILES string of the molecule is CC.CC(N)=NCc1cnc(C(F)(F)F)nc1. The molecule has 0 bridgehead atoms. The van der Waals surface area contributed by atoms with E-state index in [9.17, 15) is 13.2 Å². The van der Waals surface area contributed by atoms with Crippen LogP contribution in [0.5, 0.6) is 0 Å². The van der Waals surface area contributed by atoms with E-state index in [1.54, 1.807) is 6.92 Å². The summed E-state index contributed by atoms with van der Waals surface area (Å²) in [6.45, 7) is 5.77. The number of amidine groups is 1. The maximum atomic E-state index is 12.1. The van der Waals surface area contributed by atoms with E-state index >= 15 is 0 Å². The summed E-state index contributed by atoms with van der Waals surface area (Å²) >= 11 is 0. The van der Waals surface area contributed by atoms with E-state index in [0.717, 1.165) is 12.4 Å². The lowest BCUT2D eigenvalue weighted by Crippen LogP contribution is -2.11. The Labute approximate surface area is 97.8 Å². The second kappa shape index (κ2) is 6.82. The van der Waals surface area contributed by atoms with Crippen LogP contribution in [0.15, 0.2) is 17.4 Å². The number of rotatable bonds is 2. The van der Waals surface area contributed by atoms with Gasteiger partial charge in [0.15, 0.2) is 0 Å². The summed E-state index contributed by atoms with van der Waals surface area (Å²) in [5.74, 6) is -0.797. The van der Waals surface area contributed by atoms with Crippen molar-refractivity contribution in [2.45, 2.75) is 33.5 Å². The number of halogens is 3. The zero-order valence-electron chi connectivity index (χ0n) is 9.91. The Morgan fingerprint density at radius 2 is 1.76 bits per heavy atom. The lowest BCUT2D eigenvalue weighted by atomic mass is 10.3. The van der Waals surface area contributed by atoms with Crippen LogP contribution in [0.4, 0.5) is 13.2 Å². The summed E-state index contributed by atoms with van der Waals surface area (Å²) in [5.41, 5.74) is 5.75. The molecular weight excluding hydrogens is 233 g/mol. The first kappa shape index (κ1) is 15.3. The molecule has 96 valence electrons. The minimum Gasteiger partial charge on any atom is -0.388 e. The van der Waals surface area contributed by atoms with Gasteiger partial charge in [-0.2, -0.15) is 13.2 Å². The summed E-state index contributed by atoms with van der Waals surface area (Å²) in [6.07, 6.45) is -2.34. The standard InChI is InChI=1S/C8H9F3N4.C2H6/c1-5(12)13-2-6-3-14-7(15-4-6)8(9,10)11;1-2/h3-4H,2H2,1H3,(H2,12,13);1-2H3. The van der Waals surface area contributed by atoms with Gasteiger partial charge in [0.25, 0.3) is 0 Å². The molecule has 0 aromatic carbocycles. The molecule has 1 rings (SSSR count). The molecule has 0 fully saturated rings. The van der Waals surface area contributed by atoms with Gasteiger partial charge < -0.3 is 5.73 Å². The second-order valence-corrected chi connectivity index (χ2v) is 2.87. The molecular formula is C10H15F3N4. The molecule has 0 aliphatic heterocycles. The lowest BCUT2D eigenvalue weighted by Gasteiger charge is -2.04. The van der Waals surface area contributed by atoms with E-state index in [2.05, 4.69) is 15.0 Å². The minimum absolute atomic E-state index is 0.181. The number of hydrogen-bond acceptors (Lipinski definition) is 3. The third-order valence-corrected chi connectivity index (χ3v) is 1.47. The summed E-state index contributed by atoms with van der Waals surface area (Å²) in [5, 5.41) is 0. The molecule has 0 amide bonds. The third-order valence-electron chi connectivity index (χ3n) is 1.47. The second-order valence-electron chi connectivity index (χ2n) is 2.87. The maximum absolute atomic E-state index is 12.1. The molecule has 0 saturated carbocycles. The summed E-state index contributed by atoms with van der Waals surface area (Å²) in [7, 11) is 0. The zero-order chi connectivity index (χ0) is 13.5. The fourth-order valence-corrected chi connectivity index (χ4v) is 0.799. The normalized spacial score (nSPS) is 11.8. The van der Waals surface area contributed by atoms with E-state index < -0.39 is 12.0 Å². The highest BCUT2D eigenvalue weighted by Crippen LogP contribution is 2.25. The molecule has 0 unspecified atom stereocenters. The van der Waals surface area contributed by atoms with Crippen molar-refractivity contribution in [3.05, 3.63) is 23.8 Å². The van der Waals surface area contributed by atoms with Gasteiger partial charge in [-0.25, -0.2) is 9.97 Å². The largest absolute Gasteiger partial charge is 0.451 e. The summed E-state index contributed by atoms with van der Waals surface area (Å²) in [4.78, 5) is 10.2. The average Bonchev–Trinajstić information content (AvgIpc) is 2.28. The van der Waals surface area contributed by atoms with E-state index in [0.29, 0.717) is 11.4 Å². The number of nitrogens with zero attached hydrogens (tertiary/aromatic N) is 3. The van der Waals surface area contributed by atoms with Crippen molar-refractivity contribution in [3.8, 4) is 0 Å². The van der Waals surface area contributed by atoms with Gasteiger partial charge in [-0.3, -0.25) is 4.99 Å². The van der Waals surface area contributed by atoms with E-state index in [4.69, 9.17) is 5.73 Å². The van der Waals surface area contributed by atoms with Crippen LogP contribution in [0.25, 0.3) is 0 Å². The van der Waals surface area contributed by atoms with E-state index in [-0.39, 0.29) is 6.54 Å². The predicted molar refractivity (Wildman–Crippen MR) is 59.4 cm³/mol. The molecule has 4 nitrogen and oxygen atoms in total. The van der Waals surface area contributed by atoms with Crippen molar-refractivity contribution in [2.75, 3.05) is 0 Å². The Morgan fingerprint density at radius 1 is 1.29 bits per heavy atom. The van der Waals surface area contributed by atoms with Crippen LogP contribution < -0.4 is 5.73 Å². The van der Waals surface area contributed by atoms with Crippen molar-refractivity contribution >= 4 is 5.84 Å². The van der Waals surface area contributed by atoms with Gasteiger partial charge in [-0.1, -0.05) is 13.8 Å². The topological polar surface area (TPSA) is 64.2 Å². The molecule has 0 radical (unpaired) electrons. The van der Waals surface area contributed by atoms with Gasteiger partial charge >= 0.3 is 6.18 Å². The Kier molecular flexibility index (Phi) is 6.16. The zero-order valence-corrected chi connectivity index (χ0v) is 9.91. The summed E-state index contributed by atoms with van der Waals surface area (Å²) in [6, 6.07) is 0. The van der Waals surface area contributed by atoms with Gasteiger partial charge in [0.2, 0.25) is 5.82 Å². The Morgan fingerprint density at radius 3 is 2.12 bits per heavy atom. The molecule has 1 aromatic heterocycles. The van der Waals surface area contributed by atoms with Gasteiger partial charge in [-0.15, -0.1) is 0 Å². The fourth-order valence-electron chi connectivity index (χ4n) is 0.799. The van der Waals surface area contributed by atoms with Crippen LogP contribution in [0, 0.1) is 0 Å². The minimum atomic E-state index is -4.51. The highest BCUT2D eigenvalue weighted by molar-refractivity contribution is 5.77. The van der Waals surface area contributed by atoms with Gasteiger partial charge in [0.1, 0.15) is 0 Å². The maximum Gasteiger partial charge on any atom is 0.451 e. The summed E-state index contributed by atoms with van der Waals surface area (Å²) < 4.78 is 36.2. The van der Waals surface area contributed by atoms with Gasteiger partial charge in [0, 0.05) is 18.0 Å². The van der Waals surface area contributed by atoms with E-state index in [1.165, 1.54) is 0 Å². The van der Waals surface area contributed by atoms with Crippen LogP contribution in [0.1, 0.15) is 32.2 Å². The third kappa shape index (κ3) is 5.84. The van der Waals surface area contributed by atoms with Crippen molar-refractivity contribution in [2.24, 2.45) is 10.7 Å². The lowest BCUT2D eigenvalue weighted by molar-refractivity contribution is -0.145. The van der Waals surface area contributed by atoms with Crippen LogP contribution in [0.2, 0.25) is 0 Å². The molecule has 0 atom stereocenters. The Balaban J connectivity index is 0.00000121. The monoisotopic (exact) mass is 248 g/mol. The molecule has 7 heteroatoms. The van der Waals surface area contributed by atoms with Gasteiger partial charge in [0.05, 0.1) is 12.4 Å². The number of alkyl halides is 3. The molecule has 0 aliphatic rings. The molecule has 0 spiro atoms. The number of aliphatic imine (C=N–C) groups is 1. The van der Waals surface area contributed by atoms with Crippen molar-refractivity contribution in [1.29, 1.82) is 0 Å². The van der Waals surface area contributed by atoms with Crippen LogP contribution in [0.3, 0.4) is 0 Å². The highest BCUT2D eigenvalue weighted by atomic mass is 19.4. The van der Waals surface area contributed by atoms with Crippen molar-refractivity contribution in [1.82, 2.24) is 9.97 Å². The number of hydrogen-bond donors (Lipinski definition) is 1. The molecule has 0 aliphatic carbocycles. The fraction of sp³-hybridized carbons (Fsp3) is 0.500. The molecule has 17 heavy (non-hydrogen) atoms. The predicted octanol–water partition coefficient (Wildman–Crippen LogP) is 2.40. The van der Waals surface area contributed by atoms with Crippen LogP contribution in [-0.2, 0) is 12.7 Å².